The molecule has 0 bridgehead atoms. The Balaban J connectivity index is 1.45. The van der Waals surface area contributed by atoms with E-state index in [4.69, 9.17) is 5.10 Å². The van der Waals surface area contributed by atoms with Crippen molar-refractivity contribution in [3.63, 3.8) is 0 Å². The zero-order valence-electron chi connectivity index (χ0n) is 17.5. The van der Waals surface area contributed by atoms with Gasteiger partial charge in [0, 0.05) is 25.7 Å². The monoisotopic (exact) mass is 545 g/mol. The highest BCUT2D eigenvalue weighted by atomic mass is 127. The van der Waals surface area contributed by atoms with Gasteiger partial charge in [-0.1, -0.05) is 40.8 Å². The van der Waals surface area contributed by atoms with Gasteiger partial charge in [-0.3, -0.25) is 0 Å². The Bertz CT molecular complexity index is 1270. The first-order valence-corrected chi connectivity index (χ1v) is 11.8. The molecule has 0 saturated carbocycles. The van der Waals surface area contributed by atoms with Crippen molar-refractivity contribution >= 4 is 39.7 Å². The summed E-state index contributed by atoms with van der Waals surface area (Å²) >= 11 is 2.37. The first-order chi connectivity index (χ1) is 15.5. The number of halogens is 3. The third kappa shape index (κ3) is 4.03. The van der Waals surface area contributed by atoms with E-state index < -0.39 is 0 Å². The van der Waals surface area contributed by atoms with Crippen molar-refractivity contribution in [2.45, 2.75) is 23.4 Å². The maximum Gasteiger partial charge on any atom is 0.154 e. The number of nitrogens with zero attached hydrogens (tertiary/aromatic N) is 5. The zero-order chi connectivity index (χ0) is 22.2. The van der Waals surface area contributed by atoms with Crippen LogP contribution in [0.3, 0.4) is 0 Å². The van der Waals surface area contributed by atoms with Gasteiger partial charge in [-0.05, 0) is 54.8 Å². The molecule has 8 heteroatoms. The van der Waals surface area contributed by atoms with E-state index in [1.807, 2.05) is 42.3 Å². The lowest BCUT2D eigenvalue weighted by atomic mass is 10.1. The summed E-state index contributed by atoms with van der Waals surface area (Å²) in [5, 5.41) is 4.72. The van der Waals surface area contributed by atoms with Crippen LogP contribution in [0.2, 0.25) is 0 Å². The van der Waals surface area contributed by atoms with Crippen molar-refractivity contribution in [3.05, 3.63) is 78.0 Å². The fourth-order valence-electron chi connectivity index (χ4n) is 4.15. The molecule has 2 aromatic heterocycles. The number of hydrogen-bond acceptors (Lipinski definition) is 4. The largest absolute Gasteiger partial charge is 0.357 e. The van der Waals surface area contributed by atoms with Gasteiger partial charge in [-0.2, -0.15) is 0 Å². The minimum Gasteiger partial charge on any atom is -0.357 e. The van der Waals surface area contributed by atoms with Crippen LogP contribution < -0.4 is 9.80 Å². The highest BCUT2D eigenvalue weighted by Crippen LogP contribution is 2.33. The molecule has 2 aromatic carbocycles. The zero-order valence-corrected chi connectivity index (χ0v) is 19.7. The standard InChI is InChI=1S/C24H22F2IN5/c1-30(15-16-4-2-5-18(25)12-16)24-10-9-23-28-14-21(32(23)29-24)17-7-8-20(19(26)13-17)31-11-3-6-22(31)27/h2,4-5,7-10,12-14,22H,3,6,11,15H2,1H3. The second kappa shape index (κ2) is 8.65. The van der Waals surface area contributed by atoms with Crippen LogP contribution in [0.4, 0.5) is 20.3 Å². The van der Waals surface area contributed by atoms with Gasteiger partial charge in [0.15, 0.2) is 5.65 Å². The van der Waals surface area contributed by atoms with Gasteiger partial charge in [0.1, 0.15) is 17.5 Å². The molecule has 0 amide bonds. The average Bonchev–Trinajstić information content (AvgIpc) is 3.39. The predicted molar refractivity (Wildman–Crippen MR) is 131 cm³/mol. The maximum absolute atomic E-state index is 15.0. The molecule has 1 fully saturated rings. The van der Waals surface area contributed by atoms with E-state index >= 15 is 4.39 Å². The van der Waals surface area contributed by atoms with Crippen LogP contribution in [0.5, 0.6) is 0 Å². The van der Waals surface area contributed by atoms with E-state index in [9.17, 15) is 4.39 Å². The summed E-state index contributed by atoms with van der Waals surface area (Å²) in [6.07, 6.45) is 3.87. The molecule has 4 aromatic rings. The summed E-state index contributed by atoms with van der Waals surface area (Å²) in [5.41, 5.74) is 3.62. The summed E-state index contributed by atoms with van der Waals surface area (Å²) in [6.45, 7) is 1.39. The highest BCUT2D eigenvalue weighted by Gasteiger charge is 2.24. The SMILES string of the molecule is CN(Cc1cccc(F)c1)c1ccc2ncc(-c3ccc(N4CCCC4I)c(F)c3)n2n1. The normalized spacial score (nSPS) is 16.1. The molecule has 0 aliphatic carbocycles. The van der Waals surface area contributed by atoms with Gasteiger partial charge < -0.3 is 9.80 Å². The number of anilines is 2. The number of hydrogen-bond donors (Lipinski definition) is 0. The van der Waals surface area contributed by atoms with Crippen molar-refractivity contribution in [1.29, 1.82) is 0 Å². The molecule has 1 aliphatic heterocycles. The van der Waals surface area contributed by atoms with Gasteiger partial charge in [0.25, 0.3) is 0 Å². The number of aromatic nitrogens is 3. The summed E-state index contributed by atoms with van der Waals surface area (Å²) in [5.74, 6) is 0.216. The van der Waals surface area contributed by atoms with Crippen LogP contribution in [-0.4, -0.2) is 32.2 Å². The molecule has 0 radical (unpaired) electrons. The second-order valence-corrected chi connectivity index (χ2v) is 9.47. The van der Waals surface area contributed by atoms with Crippen molar-refractivity contribution in [1.82, 2.24) is 14.6 Å². The van der Waals surface area contributed by atoms with Crippen LogP contribution in [-0.2, 0) is 6.54 Å². The molecule has 1 atom stereocenters. The van der Waals surface area contributed by atoms with Crippen molar-refractivity contribution < 1.29 is 8.78 Å². The molecule has 1 unspecified atom stereocenters. The Morgan fingerprint density at radius 1 is 1.12 bits per heavy atom. The molecule has 5 rings (SSSR count). The van der Waals surface area contributed by atoms with Crippen LogP contribution >= 0.6 is 22.6 Å². The van der Waals surface area contributed by atoms with E-state index in [2.05, 4.69) is 32.5 Å². The van der Waals surface area contributed by atoms with Crippen molar-refractivity contribution in [2.24, 2.45) is 0 Å². The molecular weight excluding hydrogens is 523 g/mol. The number of benzene rings is 2. The lowest BCUT2D eigenvalue weighted by Crippen LogP contribution is -2.24. The second-order valence-electron chi connectivity index (χ2n) is 8.03. The fourth-order valence-corrected chi connectivity index (χ4v) is 5.17. The number of alkyl halides is 1. The number of imidazole rings is 1. The van der Waals surface area contributed by atoms with Crippen molar-refractivity contribution in [2.75, 3.05) is 23.4 Å². The molecule has 0 spiro atoms. The van der Waals surface area contributed by atoms with Crippen molar-refractivity contribution in [3.8, 4) is 11.3 Å². The third-order valence-corrected chi connectivity index (χ3v) is 7.08. The topological polar surface area (TPSA) is 36.7 Å². The molecule has 5 nitrogen and oxygen atoms in total. The van der Waals surface area contributed by atoms with Gasteiger partial charge in [-0.15, -0.1) is 5.10 Å². The van der Waals surface area contributed by atoms with Gasteiger partial charge >= 0.3 is 0 Å². The molecule has 1 aliphatic rings. The Kier molecular flexibility index (Phi) is 5.71. The van der Waals surface area contributed by atoms with Crippen LogP contribution in [0, 0.1) is 11.6 Å². The lowest BCUT2D eigenvalue weighted by Gasteiger charge is -2.23. The summed E-state index contributed by atoms with van der Waals surface area (Å²) < 4.78 is 30.6. The molecule has 1 saturated heterocycles. The van der Waals surface area contributed by atoms with E-state index in [0.717, 1.165) is 36.2 Å². The Labute approximate surface area is 198 Å². The lowest BCUT2D eigenvalue weighted by molar-refractivity contribution is 0.622. The first-order valence-electron chi connectivity index (χ1n) is 10.5. The molecule has 3 heterocycles. The summed E-state index contributed by atoms with van der Waals surface area (Å²) in [6, 6.07) is 15.6. The smallest absolute Gasteiger partial charge is 0.154 e. The maximum atomic E-state index is 15.0. The summed E-state index contributed by atoms with van der Waals surface area (Å²) in [4.78, 5) is 8.49. The molecule has 0 N–H and O–H groups in total. The molecule has 164 valence electrons. The minimum absolute atomic E-state index is 0.236. The Morgan fingerprint density at radius 2 is 2.00 bits per heavy atom. The third-order valence-electron chi connectivity index (χ3n) is 5.78. The minimum atomic E-state index is -0.260. The Hall–Kier alpha value is -2.75. The Morgan fingerprint density at radius 3 is 2.75 bits per heavy atom. The van der Waals surface area contributed by atoms with E-state index in [1.54, 1.807) is 22.8 Å². The van der Waals surface area contributed by atoms with Gasteiger partial charge in [-0.25, -0.2) is 18.3 Å². The molecular formula is C24H22F2IN5. The fraction of sp³-hybridized carbons (Fsp3) is 0.250. The number of fused-ring (bicyclic) bond motifs is 1. The van der Waals surface area contributed by atoms with E-state index in [0.29, 0.717) is 27.7 Å². The van der Waals surface area contributed by atoms with Crippen LogP contribution in [0.1, 0.15) is 18.4 Å². The van der Waals surface area contributed by atoms with E-state index in [-0.39, 0.29) is 11.6 Å². The van der Waals surface area contributed by atoms with Gasteiger partial charge in [0.05, 0.1) is 21.6 Å². The predicted octanol–water partition coefficient (Wildman–Crippen LogP) is 5.67. The van der Waals surface area contributed by atoms with Crippen LogP contribution in [0.15, 0.2) is 60.8 Å². The van der Waals surface area contributed by atoms with E-state index in [1.165, 1.54) is 12.1 Å². The summed E-state index contributed by atoms with van der Waals surface area (Å²) in [7, 11) is 1.90. The molecule has 32 heavy (non-hydrogen) atoms. The van der Waals surface area contributed by atoms with Crippen LogP contribution in [0.25, 0.3) is 16.9 Å². The number of rotatable bonds is 5. The first kappa shape index (κ1) is 21.1. The van der Waals surface area contributed by atoms with Gasteiger partial charge in [0.2, 0.25) is 0 Å². The average molecular weight is 545 g/mol. The highest BCUT2D eigenvalue weighted by molar-refractivity contribution is 14.1. The quantitative estimate of drug-likeness (QED) is 0.184.